The molecule has 1 rings (SSSR count). The van der Waals surface area contributed by atoms with Crippen LogP contribution in [0.3, 0.4) is 0 Å². The van der Waals surface area contributed by atoms with Gasteiger partial charge in [-0.3, -0.25) is 10.0 Å². The molecule has 1 radical (unpaired) electrons. The maximum absolute atomic E-state index is 10.7. The molecule has 2 N–H and O–H groups in total. The molecule has 1 aromatic rings. The topological polar surface area (TPSA) is 49.3 Å². The standard InChI is InChI=1S/C7H7NO2.Ta/c9-7(8-10)6-4-2-1-3-5-6;/h1-5,10H,(H,8,9);. The molecule has 0 heterocycles. The van der Waals surface area contributed by atoms with E-state index in [1.54, 1.807) is 35.8 Å². The zero-order valence-corrected chi connectivity index (χ0v) is 8.90. The third-order valence-corrected chi connectivity index (χ3v) is 1.14. The van der Waals surface area contributed by atoms with E-state index < -0.39 is 5.91 Å². The second kappa shape index (κ2) is 5.10. The number of hydrogen-bond acceptors (Lipinski definition) is 2. The molecule has 4 heteroatoms. The molecule has 0 aliphatic heterocycles. The Bertz CT molecular complexity index is 225. The number of benzene rings is 1. The van der Waals surface area contributed by atoms with Gasteiger partial charge >= 0.3 is 0 Å². The minimum Gasteiger partial charge on any atom is -0.288 e. The van der Waals surface area contributed by atoms with Crippen molar-refractivity contribution in [3.63, 3.8) is 0 Å². The van der Waals surface area contributed by atoms with Crippen molar-refractivity contribution in [3.05, 3.63) is 35.9 Å². The van der Waals surface area contributed by atoms with Crippen molar-refractivity contribution in [2.24, 2.45) is 0 Å². The smallest absolute Gasteiger partial charge is 0.274 e. The van der Waals surface area contributed by atoms with Gasteiger partial charge in [-0.15, -0.1) is 0 Å². The van der Waals surface area contributed by atoms with E-state index in [0.29, 0.717) is 5.56 Å². The first-order chi connectivity index (χ1) is 4.84. The summed E-state index contributed by atoms with van der Waals surface area (Å²) in [5.74, 6) is -0.486. The van der Waals surface area contributed by atoms with Gasteiger partial charge in [-0.1, -0.05) is 18.2 Å². The average molecular weight is 318 g/mol. The predicted octanol–water partition coefficient (Wildman–Crippen LogP) is 0.803. The summed E-state index contributed by atoms with van der Waals surface area (Å²) in [5.41, 5.74) is 1.99. The number of rotatable bonds is 1. The van der Waals surface area contributed by atoms with Gasteiger partial charge in [-0.05, 0) is 12.1 Å². The van der Waals surface area contributed by atoms with E-state index >= 15 is 0 Å². The van der Waals surface area contributed by atoms with Crippen LogP contribution in [0.1, 0.15) is 10.4 Å². The van der Waals surface area contributed by atoms with Crippen LogP contribution in [0.5, 0.6) is 0 Å². The van der Waals surface area contributed by atoms with E-state index in [1.165, 1.54) is 0 Å². The molecule has 1 aromatic carbocycles. The molecule has 0 aromatic heterocycles. The Morgan fingerprint density at radius 3 is 2.27 bits per heavy atom. The molecule has 0 unspecified atom stereocenters. The van der Waals surface area contributed by atoms with Crippen LogP contribution in [0.25, 0.3) is 0 Å². The Kier molecular flexibility index (Phi) is 4.81. The Hall–Kier alpha value is -0.610. The van der Waals surface area contributed by atoms with E-state index in [2.05, 4.69) is 0 Å². The SMILES string of the molecule is O=C(NO)c1ccccc1.[Ta]. The van der Waals surface area contributed by atoms with E-state index in [0.717, 1.165) is 0 Å². The van der Waals surface area contributed by atoms with Crippen LogP contribution in [0.15, 0.2) is 30.3 Å². The van der Waals surface area contributed by atoms with Gasteiger partial charge in [0.05, 0.1) is 0 Å². The number of amides is 1. The number of hydrogen-bond donors (Lipinski definition) is 2. The van der Waals surface area contributed by atoms with Crippen molar-refractivity contribution >= 4 is 5.91 Å². The normalized spacial score (nSPS) is 8.09. The second-order valence-corrected chi connectivity index (χ2v) is 1.81. The zero-order valence-electron chi connectivity index (χ0n) is 5.69. The minimum atomic E-state index is -0.486. The molecule has 1 amide bonds. The summed E-state index contributed by atoms with van der Waals surface area (Å²) < 4.78 is 0. The first-order valence-corrected chi connectivity index (χ1v) is 2.84. The van der Waals surface area contributed by atoms with Crippen molar-refractivity contribution in [2.45, 2.75) is 0 Å². The third kappa shape index (κ3) is 2.86. The summed E-state index contributed by atoms with van der Waals surface area (Å²) in [4.78, 5) is 10.7. The van der Waals surface area contributed by atoms with E-state index in [1.807, 2.05) is 0 Å². The van der Waals surface area contributed by atoms with Crippen molar-refractivity contribution < 1.29 is 32.4 Å². The summed E-state index contributed by atoms with van der Waals surface area (Å²) in [6, 6.07) is 8.49. The van der Waals surface area contributed by atoms with Crippen molar-refractivity contribution in [1.82, 2.24) is 5.48 Å². The molecule has 0 aliphatic rings. The van der Waals surface area contributed by atoms with Crippen molar-refractivity contribution in [3.8, 4) is 0 Å². The van der Waals surface area contributed by atoms with Crippen LogP contribution >= 0.6 is 0 Å². The second-order valence-electron chi connectivity index (χ2n) is 1.81. The fourth-order valence-corrected chi connectivity index (χ4v) is 0.654. The predicted molar refractivity (Wildman–Crippen MR) is 35.7 cm³/mol. The molecular formula is C7H7NO2Ta. The van der Waals surface area contributed by atoms with E-state index in [4.69, 9.17) is 5.21 Å². The van der Waals surface area contributed by atoms with Gasteiger partial charge in [0.15, 0.2) is 0 Å². The van der Waals surface area contributed by atoms with Gasteiger partial charge in [-0.2, -0.15) is 0 Å². The fraction of sp³-hybridized carbons (Fsp3) is 0. The molecule has 0 atom stereocenters. The average Bonchev–Trinajstić information content (AvgIpc) is 2.05. The number of hydroxylamine groups is 1. The van der Waals surface area contributed by atoms with Crippen LogP contribution in [0.2, 0.25) is 0 Å². The summed E-state index contributed by atoms with van der Waals surface area (Å²) in [5, 5.41) is 8.19. The Morgan fingerprint density at radius 2 is 1.82 bits per heavy atom. The Balaban J connectivity index is 0.000001000. The van der Waals surface area contributed by atoms with Gasteiger partial charge in [0, 0.05) is 27.9 Å². The summed E-state index contributed by atoms with van der Waals surface area (Å²) in [7, 11) is 0. The van der Waals surface area contributed by atoms with Crippen LogP contribution in [-0.4, -0.2) is 11.1 Å². The third-order valence-electron chi connectivity index (χ3n) is 1.14. The van der Waals surface area contributed by atoms with E-state index in [9.17, 15) is 4.79 Å². The summed E-state index contributed by atoms with van der Waals surface area (Å²) in [6.07, 6.45) is 0. The van der Waals surface area contributed by atoms with Gasteiger partial charge in [0.2, 0.25) is 0 Å². The van der Waals surface area contributed by atoms with E-state index in [-0.39, 0.29) is 22.4 Å². The molecule has 0 saturated carbocycles. The van der Waals surface area contributed by atoms with Crippen LogP contribution in [0, 0.1) is 0 Å². The molecule has 57 valence electrons. The monoisotopic (exact) mass is 318 g/mol. The maximum atomic E-state index is 10.7. The van der Waals surface area contributed by atoms with Gasteiger partial charge in [-0.25, -0.2) is 5.48 Å². The number of carbonyl (C=O) groups is 1. The van der Waals surface area contributed by atoms with Gasteiger partial charge in [0.25, 0.3) is 5.91 Å². The quantitative estimate of drug-likeness (QED) is 0.595. The molecule has 0 bridgehead atoms. The molecule has 3 nitrogen and oxygen atoms in total. The van der Waals surface area contributed by atoms with Crippen molar-refractivity contribution in [1.29, 1.82) is 0 Å². The molecule has 0 fully saturated rings. The largest absolute Gasteiger partial charge is 0.288 e. The van der Waals surface area contributed by atoms with Crippen LogP contribution in [0.4, 0.5) is 0 Å². The number of carbonyl (C=O) groups excluding carboxylic acids is 1. The maximum Gasteiger partial charge on any atom is 0.274 e. The first kappa shape index (κ1) is 10.4. The first-order valence-electron chi connectivity index (χ1n) is 2.84. The Labute approximate surface area is 79.9 Å². The molecule has 11 heavy (non-hydrogen) atoms. The molecule has 0 spiro atoms. The molecule has 0 aliphatic carbocycles. The van der Waals surface area contributed by atoms with Gasteiger partial charge in [0.1, 0.15) is 0 Å². The van der Waals surface area contributed by atoms with Gasteiger partial charge < -0.3 is 0 Å². The summed E-state index contributed by atoms with van der Waals surface area (Å²) >= 11 is 0. The van der Waals surface area contributed by atoms with Crippen molar-refractivity contribution in [2.75, 3.05) is 0 Å². The van der Waals surface area contributed by atoms with Crippen LogP contribution < -0.4 is 5.48 Å². The Morgan fingerprint density at radius 1 is 1.27 bits per heavy atom. The zero-order chi connectivity index (χ0) is 7.40. The minimum absolute atomic E-state index is 0. The fourth-order valence-electron chi connectivity index (χ4n) is 0.654. The molecule has 0 saturated heterocycles. The summed E-state index contributed by atoms with van der Waals surface area (Å²) in [6.45, 7) is 0. The van der Waals surface area contributed by atoms with Crippen LogP contribution in [-0.2, 0) is 22.4 Å². The number of nitrogens with one attached hydrogen (secondary N) is 1. The molecular weight excluding hydrogens is 311 g/mol.